The molecule has 0 unspecified atom stereocenters. The highest BCUT2D eigenvalue weighted by Crippen LogP contribution is 2.41. The van der Waals surface area contributed by atoms with Crippen LogP contribution in [0.1, 0.15) is 32.3 Å². The zero-order valence-corrected chi connectivity index (χ0v) is 13.6. The summed E-state index contributed by atoms with van der Waals surface area (Å²) in [5.74, 6) is 0.145. The number of halogens is 2. The molecule has 0 spiro atoms. The number of fused-ring (bicyclic) bond motifs is 3. The predicted molar refractivity (Wildman–Crippen MR) is 85.0 cm³/mol. The van der Waals surface area contributed by atoms with Crippen LogP contribution in [0.4, 0.5) is 4.39 Å². The number of piperidine rings is 3. The first-order valence-corrected chi connectivity index (χ1v) is 7.99. The monoisotopic (exact) mass is 325 g/mol. The normalized spacial score (nSPS) is 30.4. The number of rotatable bonds is 2. The molecule has 3 aliphatic heterocycles. The summed E-state index contributed by atoms with van der Waals surface area (Å²) in [4.78, 5) is 7.11. The number of nitrogens with zero attached hydrogens (tertiary/aromatic N) is 2. The molecule has 3 saturated heterocycles. The van der Waals surface area contributed by atoms with Crippen molar-refractivity contribution < 1.29 is 9.60 Å². The van der Waals surface area contributed by atoms with E-state index in [0.29, 0.717) is 10.9 Å². The van der Waals surface area contributed by atoms with Crippen molar-refractivity contribution in [1.29, 1.82) is 0 Å². The van der Waals surface area contributed by atoms with Crippen molar-refractivity contribution in [2.75, 3.05) is 13.1 Å². The second-order valence-electron chi connectivity index (χ2n) is 6.64. The van der Waals surface area contributed by atoms with Crippen molar-refractivity contribution in [2.24, 2.45) is 10.9 Å². The van der Waals surface area contributed by atoms with Gasteiger partial charge in [-0.15, -0.1) is 0 Å². The van der Waals surface area contributed by atoms with Gasteiger partial charge < -0.3 is 0 Å². The number of aliphatic imine (C=N–C) groups is 1. The summed E-state index contributed by atoms with van der Waals surface area (Å²) in [7, 11) is 0. The maximum atomic E-state index is 14.1. The van der Waals surface area contributed by atoms with E-state index in [-0.39, 0.29) is 23.0 Å². The van der Waals surface area contributed by atoms with Crippen LogP contribution in [0.25, 0.3) is 0 Å². The van der Waals surface area contributed by atoms with E-state index in [4.69, 9.17) is 11.6 Å². The molecule has 2 N–H and O–H groups in total. The fourth-order valence-electron chi connectivity index (χ4n) is 3.80. The van der Waals surface area contributed by atoms with E-state index in [1.54, 1.807) is 6.07 Å². The molecule has 0 aliphatic carbocycles. The third-order valence-electron chi connectivity index (χ3n) is 5.09. The highest BCUT2D eigenvalue weighted by Gasteiger charge is 2.47. The van der Waals surface area contributed by atoms with Crippen LogP contribution in [-0.2, 0) is 0 Å². The van der Waals surface area contributed by atoms with E-state index in [0.717, 1.165) is 25.9 Å². The maximum Gasteiger partial charge on any atom is 0.155 e. The molecule has 1 aromatic rings. The van der Waals surface area contributed by atoms with Crippen molar-refractivity contribution >= 4 is 17.4 Å². The van der Waals surface area contributed by atoms with Crippen molar-refractivity contribution in [3.63, 3.8) is 0 Å². The number of hydroxylamine groups is 1. The van der Waals surface area contributed by atoms with Gasteiger partial charge in [0.25, 0.3) is 0 Å². The van der Waals surface area contributed by atoms with Gasteiger partial charge in [-0.05, 0) is 63.9 Å². The summed E-state index contributed by atoms with van der Waals surface area (Å²) in [6.07, 6.45) is 2.19. The van der Waals surface area contributed by atoms with Gasteiger partial charge in [0.1, 0.15) is 5.82 Å². The first-order chi connectivity index (χ1) is 10.4. The molecule has 6 heteroatoms. The Bertz CT molecular complexity index is 597. The lowest BCUT2D eigenvalue weighted by atomic mass is 9.72. The Morgan fingerprint density at radius 2 is 2.09 bits per heavy atom. The molecule has 120 valence electrons. The lowest BCUT2D eigenvalue weighted by Crippen LogP contribution is -2.63. The molecule has 3 fully saturated rings. The summed E-state index contributed by atoms with van der Waals surface area (Å²) < 4.78 is 14.1. The van der Waals surface area contributed by atoms with E-state index in [9.17, 15) is 9.60 Å². The summed E-state index contributed by atoms with van der Waals surface area (Å²) >= 11 is 5.78. The lowest BCUT2D eigenvalue weighted by molar-refractivity contribution is -0.0256. The molecule has 3 aliphatic rings. The van der Waals surface area contributed by atoms with Crippen molar-refractivity contribution in [1.82, 2.24) is 10.4 Å². The molecule has 2 bridgehead atoms. The first kappa shape index (κ1) is 15.7. The average Bonchev–Trinajstić information content (AvgIpc) is 2.48. The zero-order chi connectivity index (χ0) is 15.9. The van der Waals surface area contributed by atoms with E-state index in [1.165, 1.54) is 12.1 Å². The van der Waals surface area contributed by atoms with Crippen LogP contribution in [0.5, 0.6) is 0 Å². The molecule has 0 saturated carbocycles. The molecular formula is C16H21ClFN3O. The van der Waals surface area contributed by atoms with E-state index >= 15 is 0 Å². The Labute approximate surface area is 134 Å². The van der Waals surface area contributed by atoms with E-state index in [1.807, 2.05) is 0 Å². The lowest BCUT2D eigenvalue weighted by Gasteiger charge is -2.55. The molecule has 1 aromatic carbocycles. The maximum absolute atomic E-state index is 14.1. The fraction of sp³-hybridized carbons (Fsp3) is 0.562. The van der Waals surface area contributed by atoms with Crippen LogP contribution in [0.3, 0.4) is 0 Å². The highest BCUT2D eigenvalue weighted by molar-refractivity contribution is 6.30. The Morgan fingerprint density at radius 3 is 2.64 bits per heavy atom. The number of benzene rings is 1. The summed E-state index contributed by atoms with van der Waals surface area (Å²) in [6.45, 7) is 6.50. The summed E-state index contributed by atoms with van der Waals surface area (Å²) in [5.41, 5.74) is 2.22. The van der Waals surface area contributed by atoms with E-state index in [2.05, 4.69) is 29.2 Å². The molecule has 0 amide bonds. The fourth-order valence-corrected chi connectivity index (χ4v) is 3.96. The van der Waals surface area contributed by atoms with Gasteiger partial charge in [0, 0.05) is 10.6 Å². The molecule has 0 radical (unpaired) electrons. The van der Waals surface area contributed by atoms with Crippen LogP contribution in [0.2, 0.25) is 5.02 Å². The second kappa shape index (κ2) is 5.80. The summed E-state index contributed by atoms with van der Waals surface area (Å²) in [5, 5.41) is 9.77. The minimum absolute atomic E-state index is 0.0275. The number of amidine groups is 1. The number of hydrogen-bond acceptors (Lipinski definition) is 3. The third kappa shape index (κ3) is 2.62. The molecule has 22 heavy (non-hydrogen) atoms. The number of hydrogen-bond donors (Lipinski definition) is 2. The van der Waals surface area contributed by atoms with Crippen molar-refractivity contribution in [3.8, 4) is 0 Å². The van der Waals surface area contributed by atoms with Crippen molar-refractivity contribution in [2.45, 2.75) is 38.3 Å². The molecule has 1 atom stereocenters. The minimum atomic E-state index is -0.494. The molecule has 0 aromatic heterocycles. The van der Waals surface area contributed by atoms with Crippen LogP contribution in [-0.4, -0.2) is 40.6 Å². The number of nitrogens with one attached hydrogen (secondary N) is 1. The van der Waals surface area contributed by atoms with E-state index < -0.39 is 5.82 Å². The predicted octanol–water partition coefficient (Wildman–Crippen LogP) is 3.08. The van der Waals surface area contributed by atoms with Crippen LogP contribution in [0, 0.1) is 11.7 Å². The van der Waals surface area contributed by atoms with Crippen LogP contribution in [0.15, 0.2) is 23.2 Å². The summed E-state index contributed by atoms with van der Waals surface area (Å²) in [6, 6.07) is 4.38. The van der Waals surface area contributed by atoms with Crippen LogP contribution < -0.4 is 5.48 Å². The van der Waals surface area contributed by atoms with Gasteiger partial charge in [-0.1, -0.05) is 11.6 Å². The average molecular weight is 326 g/mol. The Hall–Kier alpha value is -1.17. The largest absolute Gasteiger partial charge is 0.296 e. The van der Waals surface area contributed by atoms with Gasteiger partial charge in [-0.2, -0.15) is 0 Å². The highest BCUT2D eigenvalue weighted by atomic mass is 35.5. The smallest absolute Gasteiger partial charge is 0.155 e. The first-order valence-electron chi connectivity index (χ1n) is 7.62. The molecule has 4 rings (SSSR count). The Morgan fingerprint density at radius 1 is 1.41 bits per heavy atom. The molecule has 4 nitrogen and oxygen atoms in total. The van der Waals surface area contributed by atoms with Gasteiger partial charge in [0.15, 0.2) is 5.84 Å². The molecule has 3 heterocycles. The second-order valence-corrected chi connectivity index (χ2v) is 7.07. The Balaban J connectivity index is 1.97. The minimum Gasteiger partial charge on any atom is -0.296 e. The topological polar surface area (TPSA) is 47.9 Å². The van der Waals surface area contributed by atoms with Gasteiger partial charge in [0.05, 0.1) is 11.6 Å². The van der Waals surface area contributed by atoms with Crippen molar-refractivity contribution in [3.05, 3.63) is 34.6 Å². The zero-order valence-electron chi connectivity index (χ0n) is 12.8. The SMILES string of the molecule is CC1(C)[C@H](N=C(NO)c2ccc(Cl)cc2F)C2CCN1CC2. The van der Waals surface area contributed by atoms with Gasteiger partial charge in [0.2, 0.25) is 0 Å². The Kier molecular flexibility index (Phi) is 4.14. The van der Waals surface area contributed by atoms with Gasteiger partial charge in [-0.3, -0.25) is 20.6 Å². The standard InChI is InChI=1S/C16H21ClFN3O/c1-16(2)14(10-5-7-21(16)8-6-10)19-15(20-22)12-4-3-11(17)9-13(12)18/h3-4,9-10,14,22H,5-8H2,1-2H3,(H,19,20)/t14-/m1/s1. The van der Waals surface area contributed by atoms with Gasteiger partial charge >= 0.3 is 0 Å². The molecular weight excluding hydrogens is 305 g/mol. The quantitative estimate of drug-likeness (QED) is 0.499. The third-order valence-corrected chi connectivity index (χ3v) is 5.32. The van der Waals surface area contributed by atoms with Gasteiger partial charge in [-0.25, -0.2) is 4.39 Å². The van der Waals surface area contributed by atoms with Crippen LogP contribution >= 0.6 is 11.6 Å².